The molecule has 8 N–H and O–H groups in total. The molecule has 0 spiro atoms. The number of carbonyl (C=O) groups excluding carboxylic acids is 3. The summed E-state index contributed by atoms with van der Waals surface area (Å²) in [5.74, 6) is -1.58. The van der Waals surface area contributed by atoms with Crippen LogP contribution in [0.3, 0.4) is 0 Å². The topological polar surface area (TPSA) is 277 Å². The molecule has 33 heteroatoms. The average molecular weight is 1520 g/mol. The number of amides is 6. The number of piperazine rings is 2. The Labute approximate surface area is 625 Å². The molecule has 2 aliphatic rings. The molecule has 0 atom stereocenters. The third-order valence-electron chi connectivity index (χ3n) is 16.5. The van der Waals surface area contributed by atoms with E-state index >= 15 is 0 Å². The van der Waals surface area contributed by atoms with Gasteiger partial charge in [0.2, 0.25) is 0 Å². The number of fused-ring (bicyclic) bond motifs is 3. The van der Waals surface area contributed by atoms with Crippen LogP contribution in [-0.4, -0.2) is 120 Å². The van der Waals surface area contributed by atoms with Crippen molar-refractivity contribution < 1.29 is 63.7 Å². The first-order valence-corrected chi connectivity index (χ1v) is 34.3. The van der Waals surface area contributed by atoms with Crippen LogP contribution in [0.15, 0.2) is 213 Å². The molecule has 110 heavy (non-hydrogen) atoms. The molecular formula is C77H63ClF8N18O6. The standard InChI is InChI=1S/2C26H24F2N6O2.C25H15ClF4N6O2/c27-17-1-3-18(4-2-17)32-26(35)33-19-5-7-22(28)25(13-19)36-21-6-8-23-24(14-21)31-20(15-30-23)16-34-11-9-29-10-12-34;27-17-2-1-3-18(12-17)32-26(35)33-19-4-6-22(28)25(13-19)36-21-5-7-23-24(14-21)31-20(15-30-23)16-34-10-8-29-9-11-34;26-18-5-2-14(10-17(18)25(28,29)30)33-24(37)34-15-3-6-19(27)22(11-15)38-16-4-7-20-21(12-16)35-23(13-31-20)36-9-1-8-32-36/h1-8,13-15,29H,9-12,16H2,(H2,32,33,35);1-7,12-15,29H,8-11,16H2,(H2,32,33,35);1-13H,(H2,33,34,37). The van der Waals surface area contributed by atoms with Crippen LogP contribution in [0.4, 0.5) is 83.6 Å². The fraction of sp³-hybridized carbons (Fsp3) is 0.143. The Morgan fingerprint density at radius 3 is 1.27 bits per heavy atom. The molecule has 6 amide bonds. The van der Waals surface area contributed by atoms with Gasteiger partial charge in [-0.2, -0.15) is 18.3 Å². The highest BCUT2D eigenvalue weighted by Crippen LogP contribution is 2.38. The van der Waals surface area contributed by atoms with E-state index in [0.29, 0.717) is 92.3 Å². The number of rotatable bonds is 17. The van der Waals surface area contributed by atoms with Crippen molar-refractivity contribution in [2.45, 2.75) is 19.3 Å². The number of aromatic nitrogens is 8. The van der Waals surface area contributed by atoms with Crippen molar-refractivity contribution in [1.29, 1.82) is 0 Å². The van der Waals surface area contributed by atoms with E-state index < -0.39 is 63.9 Å². The number of urea groups is 3. The highest BCUT2D eigenvalue weighted by molar-refractivity contribution is 6.31. The van der Waals surface area contributed by atoms with Gasteiger partial charge in [-0.1, -0.05) is 17.7 Å². The molecule has 4 aromatic heterocycles. The number of nitrogens with one attached hydrogen (secondary N) is 8. The summed E-state index contributed by atoms with van der Waals surface area (Å²) < 4.78 is 128. The van der Waals surface area contributed by atoms with E-state index in [2.05, 4.69) is 77.4 Å². The maximum atomic E-state index is 14.5. The Morgan fingerprint density at radius 1 is 0.427 bits per heavy atom. The molecule has 13 aromatic rings. The lowest BCUT2D eigenvalue weighted by Crippen LogP contribution is -2.43. The van der Waals surface area contributed by atoms with Crippen molar-refractivity contribution in [2.24, 2.45) is 0 Å². The second-order valence-corrected chi connectivity index (χ2v) is 25.0. The number of halogens is 9. The third kappa shape index (κ3) is 20.6. The van der Waals surface area contributed by atoms with Crippen molar-refractivity contribution in [3.63, 3.8) is 0 Å². The van der Waals surface area contributed by atoms with Gasteiger partial charge >= 0.3 is 24.3 Å². The Bertz CT molecular complexity index is 5480. The lowest BCUT2D eigenvalue weighted by atomic mass is 10.2. The van der Waals surface area contributed by atoms with Crippen molar-refractivity contribution in [2.75, 3.05) is 84.3 Å². The molecule has 2 fully saturated rings. The zero-order chi connectivity index (χ0) is 76.7. The predicted octanol–water partition coefficient (Wildman–Crippen LogP) is 16.6. The first-order valence-electron chi connectivity index (χ1n) is 33.9. The Balaban J connectivity index is 0.000000145. The highest BCUT2D eigenvalue weighted by atomic mass is 35.5. The summed E-state index contributed by atoms with van der Waals surface area (Å²) in [6.45, 7) is 9.02. The number of carbonyl (C=O) groups is 3. The Hall–Kier alpha value is -13.0. The lowest BCUT2D eigenvalue weighted by Gasteiger charge is -2.26. The number of ether oxygens (including phenoxy) is 3. The molecule has 560 valence electrons. The van der Waals surface area contributed by atoms with Crippen LogP contribution >= 0.6 is 11.6 Å². The quantitative estimate of drug-likeness (QED) is 0.0393. The normalized spacial score (nSPS) is 13.1. The van der Waals surface area contributed by atoms with Gasteiger partial charge in [0.1, 0.15) is 28.9 Å². The maximum absolute atomic E-state index is 14.5. The molecule has 0 bridgehead atoms. The summed E-state index contributed by atoms with van der Waals surface area (Å²) in [7, 11) is 0. The first kappa shape index (κ1) is 75.2. The fourth-order valence-corrected chi connectivity index (χ4v) is 11.5. The van der Waals surface area contributed by atoms with Crippen LogP contribution < -0.4 is 56.7 Å². The van der Waals surface area contributed by atoms with Gasteiger partial charge in [0.05, 0.1) is 73.7 Å². The number of hydrogen-bond acceptors (Lipinski definition) is 17. The van der Waals surface area contributed by atoms with Crippen LogP contribution in [0, 0.1) is 29.1 Å². The summed E-state index contributed by atoms with van der Waals surface area (Å²) >= 11 is 5.60. The summed E-state index contributed by atoms with van der Waals surface area (Å²) in [6, 6.07) is 40.2. The van der Waals surface area contributed by atoms with E-state index in [4.69, 9.17) is 35.8 Å². The smallest absolute Gasteiger partial charge is 0.417 e. The molecule has 2 aliphatic heterocycles. The molecule has 9 aromatic carbocycles. The maximum Gasteiger partial charge on any atom is 0.417 e. The number of nitrogens with zero attached hydrogens (tertiary/aromatic N) is 10. The molecule has 0 radical (unpaired) electrons. The lowest BCUT2D eigenvalue weighted by molar-refractivity contribution is -0.137. The van der Waals surface area contributed by atoms with E-state index in [1.54, 1.807) is 97.7 Å². The van der Waals surface area contributed by atoms with Gasteiger partial charge in [0, 0.05) is 148 Å². The second kappa shape index (κ2) is 34.7. The van der Waals surface area contributed by atoms with Crippen molar-refractivity contribution in [3.05, 3.63) is 264 Å². The summed E-state index contributed by atoms with van der Waals surface area (Å²) in [5.41, 5.74) is 5.71. The van der Waals surface area contributed by atoms with Crippen LogP contribution in [0.1, 0.15) is 17.0 Å². The van der Waals surface area contributed by atoms with Crippen LogP contribution in [0.5, 0.6) is 34.5 Å². The first-order chi connectivity index (χ1) is 53.2. The average Bonchev–Trinajstić information content (AvgIpc) is 1.25. The molecule has 0 aliphatic carbocycles. The fourth-order valence-electron chi connectivity index (χ4n) is 11.3. The van der Waals surface area contributed by atoms with Gasteiger partial charge in [-0.25, -0.2) is 56.0 Å². The number of anilines is 6. The molecule has 6 heterocycles. The van der Waals surface area contributed by atoms with Gasteiger partial charge < -0.3 is 56.7 Å². The van der Waals surface area contributed by atoms with E-state index in [0.717, 1.165) is 75.9 Å². The summed E-state index contributed by atoms with van der Waals surface area (Å²) in [5, 5.41) is 25.3. The molecule has 15 rings (SSSR count). The van der Waals surface area contributed by atoms with E-state index in [9.17, 15) is 49.5 Å². The minimum absolute atomic E-state index is 0.0566. The van der Waals surface area contributed by atoms with Gasteiger partial charge in [-0.05, 0) is 140 Å². The molecule has 24 nitrogen and oxygen atoms in total. The third-order valence-corrected chi connectivity index (χ3v) is 16.9. The van der Waals surface area contributed by atoms with Crippen LogP contribution in [-0.2, 0) is 19.3 Å². The zero-order valence-corrected chi connectivity index (χ0v) is 58.4. The molecule has 0 saturated carbocycles. The minimum Gasteiger partial charge on any atom is -0.454 e. The number of alkyl halides is 3. The summed E-state index contributed by atoms with van der Waals surface area (Å²) in [6.07, 6.45) is 3.73. The second-order valence-electron chi connectivity index (χ2n) is 24.6. The van der Waals surface area contributed by atoms with E-state index in [-0.39, 0.29) is 34.4 Å². The van der Waals surface area contributed by atoms with E-state index in [1.807, 2.05) is 0 Å². The monoisotopic (exact) mass is 1520 g/mol. The van der Waals surface area contributed by atoms with Crippen molar-refractivity contribution in [1.82, 2.24) is 60.1 Å². The zero-order valence-electron chi connectivity index (χ0n) is 57.6. The van der Waals surface area contributed by atoms with Gasteiger partial charge in [0.25, 0.3) is 0 Å². The largest absolute Gasteiger partial charge is 0.454 e. The number of benzene rings is 9. The molecule has 2 saturated heterocycles. The van der Waals surface area contributed by atoms with Gasteiger partial charge in [-0.3, -0.25) is 24.8 Å². The number of hydrogen-bond donors (Lipinski definition) is 8. The van der Waals surface area contributed by atoms with Crippen LogP contribution in [0.25, 0.3) is 38.9 Å². The minimum atomic E-state index is -4.69. The Kier molecular flexibility index (Phi) is 23.7. The highest BCUT2D eigenvalue weighted by Gasteiger charge is 2.33. The molecule has 0 unspecified atom stereocenters. The Morgan fingerprint density at radius 2 is 0.836 bits per heavy atom. The van der Waals surface area contributed by atoms with Gasteiger partial charge in [-0.15, -0.1) is 0 Å². The van der Waals surface area contributed by atoms with Crippen molar-refractivity contribution >= 4 is 96.9 Å². The summed E-state index contributed by atoms with van der Waals surface area (Å²) in [4.78, 5) is 68.7. The SMILES string of the molecule is O=C(Nc1ccc(F)c(Oc2ccc3ncc(-n4cccn4)nc3c2)c1)Nc1ccc(Cl)c(C(F)(F)F)c1.O=C(Nc1ccc(F)cc1)Nc1ccc(F)c(Oc2ccc3ncc(CN4CCNCC4)nc3c2)c1.O=C(Nc1cccc(F)c1)Nc1ccc(F)c(Oc2ccc3ncc(CN4CCNCC4)nc3c2)c1. The van der Waals surface area contributed by atoms with Crippen LogP contribution in [0.2, 0.25) is 5.02 Å². The predicted molar refractivity (Wildman–Crippen MR) is 399 cm³/mol. The van der Waals surface area contributed by atoms with Gasteiger partial charge in [0.15, 0.2) is 40.5 Å². The van der Waals surface area contributed by atoms with Crippen molar-refractivity contribution in [3.8, 4) is 40.3 Å². The van der Waals surface area contributed by atoms with E-state index in [1.165, 1.54) is 102 Å². The molecular weight excluding hydrogens is 1460 g/mol.